The second-order valence-corrected chi connectivity index (χ2v) is 8.30. The molecule has 1 atom stereocenters. The summed E-state index contributed by atoms with van der Waals surface area (Å²) in [6, 6.07) is 6.99. The molecular formula is C18H24N4O4S. The van der Waals surface area contributed by atoms with Gasteiger partial charge in [-0.15, -0.1) is 0 Å². The lowest BCUT2D eigenvalue weighted by atomic mass is 10.2. The summed E-state index contributed by atoms with van der Waals surface area (Å²) >= 11 is 0. The third-order valence-corrected chi connectivity index (χ3v) is 6.28. The van der Waals surface area contributed by atoms with Gasteiger partial charge in [0.2, 0.25) is 10.0 Å². The molecule has 1 fully saturated rings. The van der Waals surface area contributed by atoms with E-state index in [1.807, 2.05) is 20.0 Å². The molecule has 1 aliphatic rings. The van der Waals surface area contributed by atoms with E-state index in [2.05, 4.69) is 15.5 Å². The van der Waals surface area contributed by atoms with Crippen LogP contribution < -0.4 is 5.32 Å². The monoisotopic (exact) mass is 392 g/mol. The number of benzene rings is 1. The zero-order valence-corrected chi connectivity index (χ0v) is 16.3. The van der Waals surface area contributed by atoms with E-state index in [4.69, 9.17) is 9.26 Å². The summed E-state index contributed by atoms with van der Waals surface area (Å²) in [4.78, 5) is 4.59. The third kappa shape index (κ3) is 5.01. The largest absolute Gasteiger partial charge is 0.379 e. The van der Waals surface area contributed by atoms with Crippen LogP contribution in [0.3, 0.4) is 0 Å². The van der Waals surface area contributed by atoms with Gasteiger partial charge in [-0.3, -0.25) is 0 Å². The number of rotatable bonds is 7. The molecule has 1 saturated heterocycles. The Morgan fingerprint density at radius 1 is 1.22 bits per heavy atom. The maximum Gasteiger partial charge on any atom is 0.250 e. The highest BCUT2D eigenvalue weighted by atomic mass is 32.2. The summed E-state index contributed by atoms with van der Waals surface area (Å²) in [5.74, 6) is 1.06. The summed E-state index contributed by atoms with van der Waals surface area (Å²) in [5, 5.41) is 7.06. The van der Waals surface area contributed by atoms with Crippen molar-refractivity contribution in [1.29, 1.82) is 0 Å². The summed E-state index contributed by atoms with van der Waals surface area (Å²) in [6.45, 7) is 3.67. The Labute approximate surface area is 159 Å². The normalized spacial score (nSPS) is 17.4. The average molecular weight is 392 g/mol. The predicted molar refractivity (Wildman–Crippen MR) is 101 cm³/mol. The lowest BCUT2D eigenvalue weighted by Crippen LogP contribution is -2.40. The first kappa shape index (κ1) is 19.7. The van der Waals surface area contributed by atoms with Crippen LogP contribution in [0.25, 0.3) is 12.2 Å². The number of nitrogens with zero attached hydrogens (tertiary/aromatic N) is 3. The highest BCUT2D eigenvalue weighted by Gasteiger charge is 2.25. The molecule has 9 heteroatoms. The van der Waals surface area contributed by atoms with Crippen molar-refractivity contribution in [1.82, 2.24) is 19.8 Å². The Kier molecular flexibility index (Phi) is 6.38. The first-order chi connectivity index (χ1) is 13.0. The van der Waals surface area contributed by atoms with Gasteiger partial charge in [0.1, 0.15) is 0 Å². The lowest BCUT2D eigenvalue weighted by molar-refractivity contribution is 0.0730. The molecule has 0 radical (unpaired) electrons. The van der Waals surface area contributed by atoms with Gasteiger partial charge in [-0.25, -0.2) is 8.42 Å². The predicted octanol–water partition coefficient (Wildman–Crippen LogP) is 1.41. The fourth-order valence-corrected chi connectivity index (χ4v) is 4.06. The molecule has 8 nitrogen and oxygen atoms in total. The Hall–Kier alpha value is -2.07. The summed E-state index contributed by atoms with van der Waals surface area (Å²) in [7, 11) is -1.59. The van der Waals surface area contributed by atoms with Gasteiger partial charge in [0, 0.05) is 31.6 Å². The van der Waals surface area contributed by atoms with Crippen LogP contribution in [0.4, 0.5) is 0 Å². The molecule has 0 spiro atoms. The quantitative estimate of drug-likeness (QED) is 0.761. The maximum atomic E-state index is 12.6. The molecule has 1 aromatic heterocycles. The fourth-order valence-electron chi connectivity index (χ4n) is 2.65. The summed E-state index contributed by atoms with van der Waals surface area (Å²) < 4.78 is 37.1. The van der Waals surface area contributed by atoms with Gasteiger partial charge in [-0.1, -0.05) is 17.3 Å². The zero-order chi connectivity index (χ0) is 19.3. The summed E-state index contributed by atoms with van der Waals surface area (Å²) in [5.41, 5.74) is 0.847. The Morgan fingerprint density at radius 2 is 1.93 bits per heavy atom. The number of hydrogen-bond donors (Lipinski definition) is 1. The van der Waals surface area contributed by atoms with Crippen LogP contribution in [-0.2, 0) is 21.2 Å². The Bertz CT molecular complexity index is 871. The topological polar surface area (TPSA) is 97.6 Å². The van der Waals surface area contributed by atoms with Crippen LogP contribution in [0.1, 0.15) is 24.2 Å². The highest BCUT2D eigenvalue weighted by molar-refractivity contribution is 7.89. The van der Waals surface area contributed by atoms with E-state index in [9.17, 15) is 8.42 Å². The number of hydrogen-bond acceptors (Lipinski definition) is 7. The Balaban J connectivity index is 1.66. The maximum absolute atomic E-state index is 12.6. The number of nitrogens with one attached hydrogen (secondary N) is 1. The van der Waals surface area contributed by atoms with Crippen LogP contribution in [0.15, 0.2) is 33.7 Å². The SMILES string of the molecule is CNC(C)Cc1noc(/C=C/c2ccc(S(=O)(=O)N3CCOCC3)cc2)n1. The molecule has 0 aliphatic carbocycles. The molecule has 1 unspecified atom stereocenters. The molecular weight excluding hydrogens is 368 g/mol. The number of likely N-dealkylation sites (N-methyl/N-ethyl adjacent to an activating group) is 1. The third-order valence-electron chi connectivity index (χ3n) is 4.37. The molecule has 2 aromatic rings. The molecule has 1 aromatic carbocycles. The molecule has 146 valence electrons. The van der Waals surface area contributed by atoms with Gasteiger partial charge >= 0.3 is 0 Å². The van der Waals surface area contributed by atoms with Crippen LogP contribution in [0.5, 0.6) is 0 Å². The molecule has 27 heavy (non-hydrogen) atoms. The van der Waals surface area contributed by atoms with Crippen molar-refractivity contribution in [2.75, 3.05) is 33.4 Å². The zero-order valence-electron chi connectivity index (χ0n) is 15.5. The average Bonchev–Trinajstić information content (AvgIpc) is 3.14. The van der Waals surface area contributed by atoms with Gasteiger partial charge in [-0.2, -0.15) is 9.29 Å². The number of morpholine rings is 1. The van der Waals surface area contributed by atoms with Crippen molar-refractivity contribution >= 4 is 22.2 Å². The molecule has 2 heterocycles. The van der Waals surface area contributed by atoms with Crippen molar-refractivity contribution in [3.05, 3.63) is 41.5 Å². The van der Waals surface area contributed by atoms with Crippen LogP contribution in [0.2, 0.25) is 0 Å². The van der Waals surface area contributed by atoms with Gasteiger partial charge in [-0.05, 0) is 37.7 Å². The van der Waals surface area contributed by atoms with Crippen LogP contribution in [0, 0.1) is 0 Å². The van der Waals surface area contributed by atoms with Crippen molar-refractivity contribution < 1.29 is 17.7 Å². The second kappa shape index (κ2) is 8.75. The number of sulfonamides is 1. The summed E-state index contributed by atoms with van der Waals surface area (Å²) in [6.07, 6.45) is 4.21. The fraction of sp³-hybridized carbons (Fsp3) is 0.444. The van der Waals surface area contributed by atoms with Crippen molar-refractivity contribution in [2.45, 2.75) is 24.3 Å². The molecule has 1 N–H and O–H groups in total. The van der Waals surface area contributed by atoms with Crippen molar-refractivity contribution in [3.63, 3.8) is 0 Å². The first-order valence-electron chi connectivity index (χ1n) is 8.85. The molecule has 0 amide bonds. The highest BCUT2D eigenvalue weighted by Crippen LogP contribution is 2.18. The van der Waals surface area contributed by atoms with Gasteiger partial charge in [0.15, 0.2) is 5.82 Å². The molecule has 0 saturated carbocycles. The molecule has 0 bridgehead atoms. The van der Waals surface area contributed by atoms with Crippen LogP contribution >= 0.6 is 0 Å². The van der Waals surface area contributed by atoms with E-state index in [1.165, 1.54) is 4.31 Å². The van der Waals surface area contributed by atoms with E-state index in [1.54, 1.807) is 30.3 Å². The van der Waals surface area contributed by atoms with Gasteiger partial charge in [0.25, 0.3) is 5.89 Å². The van der Waals surface area contributed by atoms with E-state index >= 15 is 0 Å². The van der Waals surface area contributed by atoms with Crippen LogP contribution in [-0.4, -0.2) is 62.3 Å². The molecule has 3 rings (SSSR count). The van der Waals surface area contributed by atoms with Gasteiger partial charge < -0.3 is 14.6 Å². The minimum atomic E-state index is -3.47. The second-order valence-electron chi connectivity index (χ2n) is 6.36. The minimum Gasteiger partial charge on any atom is -0.379 e. The van der Waals surface area contributed by atoms with E-state index < -0.39 is 10.0 Å². The Morgan fingerprint density at radius 3 is 2.59 bits per heavy atom. The lowest BCUT2D eigenvalue weighted by Gasteiger charge is -2.26. The van der Waals surface area contributed by atoms with E-state index in [0.717, 1.165) is 5.56 Å². The number of ether oxygens (including phenoxy) is 1. The molecule has 1 aliphatic heterocycles. The number of aromatic nitrogens is 2. The smallest absolute Gasteiger partial charge is 0.250 e. The minimum absolute atomic E-state index is 0.264. The van der Waals surface area contributed by atoms with E-state index in [0.29, 0.717) is 44.4 Å². The van der Waals surface area contributed by atoms with E-state index in [-0.39, 0.29) is 10.9 Å². The van der Waals surface area contributed by atoms with Gasteiger partial charge in [0.05, 0.1) is 18.1 Å². The standard InChI is InChI=1S/C18H24N4O4S/c1-14(19-2)13-17-20-18(26-21-17)8-5-15-3-6-16(7-4-15)27(23,24)22-9-11-25-12-10-22/h3-8,14,19H,9-13H2,1-2H3/b8-5+. The first-order valence-corrected chi connectivity index (χ1v) is 10.3. The van der Waals surface area contributed by atoms with Crippen molar-refractivity contribution in [2.24, 2.45) is 0 Å². The van der Waals surface area contributed by atoms with Crippen molar-refractivity contribution in [3.8, 4) is 0 Å².